The summed E-state index contributed by atoms with van der Waals surface area (Å²) in [6, 6.07) is 0. The quantitative estimate of drug-likeness (QED) is 0.528. The maximum Gasteiger partial charge on any atom is 0.290 e. The Bertz CT molecular complexity index is 556. The summed E-state index contributed by atoms with van der Waals surface area (Å²) in [6.45, 7) is 4.76. The molecule has 1 aromatic rings. The Balaban J connectivity index is 0.000000997. The first-order valence-electron chi connectivity index (χ1n) is 8.67. The molecule has 0 aromatic carbocycles. The number of hydrogen-bond acceptors (Lipinski definition) is 8. The molecular formula is C17H32N6O4. The van der Waals surface area contributed by atoms with Crippen molar-refractivity contribution in [1.82, 2.24) is 19.8 Å². The van der Waals surface area contributed by atoms with Crippen molar-refractivity contribution in [3.05, 3.63) is 11.8 Å². The molecule has 2 rings (SSSR count). The standard InChI is InChI=1S/C15H28N6.2CH2O2/c1-5-12-10-17-14(16)19-13(12)18-11-15(20(2)3)6-8-21(4)9-7-15;2*2-1-3/h10H,5-9,11H2,1-4H3,(H3,16,17,18,19);2*1H,(H,2,3). The van der Waals surface area contributed by atoms with Gasteiger partial charge in [0.15, 0.2) is 0 Å². The number of aromatic nitrogens is 2. The van der Waals surface area contributed by atoms with Gasteiger partial charge in [-0.3, -0.25) is 9.59 Å². The Hall–Kier alpha value is -2.46. The van der Waals surface area contributed by atoms with Crippen LogP contribution in [0.25, 0.3) is 0 Å². The van der Waals surface area contributed by atoms with Crippen LogP contribution in [0.15, 0.2) is 6.20 Å². The first-order chi connectivity index (χ1) is 12.8. The molecule has 0 spiro atoms. The van der Waals surface area contributed by atoms with E-state index in [-0.39, 0.29) is 18.5 Å². The molecule has 10 nitrogen and oxygen atoms in total. The van der Waals surface area contributed by atoms with Crippen molar-refractivity contribution in [1.29, 1.82) is 0 Å². The molecule has 0 aliphatic carbocycles. The number of anilines is 2. The number of likely N-dealkylation sites (N-methyl/N-ethyl adjacent to an activating group) is 1. The Morgan fingerprint density at radius 3 is 2.26 bits per heavy atom. The van der Waals surface area contributed by atoms with Gasteiger partial charge in [0.1, 0.15) is 5.82 Å². The topological polar surface area (TPSA) is 145 Å². The lowest BCUT2D eigenvalue weighted by Gasteiger charge is -2.45. The molecule has 0 unspecified atom stereocenters. The van der Waals surface area contributed by atoms with Crippen molar-refractivity contribution in [2.24, 2.45) is 0 Å². The Morgan fingerprint density at radius 1 is 1.30 bits per heavy atom. The molecule has 27 heavy (non-hydrogen) atoms. The van der Waals surface area contributed by atoms with Gasteiger partial charge in [-0.05, 0) is 53.5 Å². The molecule has 154 valence electrons. The summed E-state index contributed by atoms with van der Waals surface area (Å²) < 4.78 is 0. The van der Waals surface area contributed by atoms with Crippen LogP contribution in [0, 0.1) is 0 Å². The van der Waals surface area contributed by atoms with E-state index in [4.69, 9.17) is 25.5 Å². The summed E-state index contributed by atoms with van der Waals surface area (Å²) in [4.78, 5) is 29.9. The number of carbonyl (C=O) groups is 2. The molecule has 1 aromatic heterocycles. The van der Waals surface area contributed by atoms with Gasteiger partial charge in [0.05, 0.1) is 0 Å². The fourth-order valence-corrected chi connectivity index (χ4v) is 2.90. The molecule has 0 amide bonds. The smallest absolute Gasteiger partial charge is 0.290 e. The third-order valence-electron chi connectivity index (χ3n) is 4.72. The number of nitrogens with two attached hydrogens (primary N) is 1. The van der Waals surface area contributed by atoms with Crippen LogP contribution in [0.3, 0.4) is 0 Å². The third-order valence-corrected chi connectivity index (χ3v) is 4.72. The lowest BCUT2D eigenvalue weighted by atomic mass is 9.86. The second kappa shape index (κ2) is 12.8. The van der Waals surface area contributed by atoms with Crippen LogP contribution in [0.5, 0.6) is 0 Å². The van der Waals surface area contributed by atoms with E-state index >= 15 is 0 Å². The van der Waals surface area contributed by atoms with E-state index in [2.05, 4.69) is 53.2 Å². The maximum atomic E-state index is 8.36. The minimum Gasteiger partial charge on any atom is -0.483 e. The van der Waals surface area contributed by atoms with Gasteiger partial charge < -0.3 is 31.1 Å². The van der Waals surface area contributed by atoms with E-state index < -0.39 is 0 Å². The SMILES string of the molecule is CCc1cnc(N)nc1NCC1(N(C)C)CCN(C)CC1.O=CO.O=CO. The summed E-state index contributed by atoms with van der Waals surface area (Å²) in [5.41, 5.74) is 7.02. The van der Waals surface area contributed by atoms with Gasteiger partial charge in [-0.15, -0.1) is 0 Å². The van der Waals surface area contributed by atoms with Crippen LogP contribution in [0.1, 0.15) is 25.3 Å². The molecule has 1 saturated heterocycles. The van der Waals surface area contributed by atoms with E-state index in [0.717, 1.165) is 50.3 Å². The Labute approximate surface area is 160 Å². The van der Waals surface area contributed by atoms with Gasteiger partial charge in [0.2, 0.25) is 5.95 Å². The zero-order valence-electron chi connectivity index (χ0n) is 16.6. The number of carboxylic acid groups (broad SMARTS) is 2. The average molecular weight is 384 g/mol. The highest BCUT2D eigenvalue weighted by atomic mass is 16.3. The lowest BCUT2D eigenvalue weighted by Crippen LogP contribution is -2.56. The number of aryl methyl sites for hydroxylation is 1. The number of likely N-dealkylation sites (tertiary alicyclic amines) is 1. The number of rotatable bonds is 5. The third kappa shape index (κ3) is 8.18. The summed E-state index contributed by atoms with van der Waals surface area (Å²) in [6.07, 6.45) is 5.04. The van der Waals surface area contributed by atoms with Crippen molar-refractivity contribution < 1.29 is 19.8 Å². The van der Waals surface area contributed by atoms with Crippen LogP contribution in [-0.2, 0) is 16.0 Å². The monoisotopic (exact) mass is 384 g/mol. The molecule has 10 heteroatoms. The van der Waals surface area contributed by atoms with Gasteiger partial charge in [-0.1, -0.05) is 6.92 Å². The number of piperidine rings is 1. The number of nitrogen functional groups attached to an aromatic ring is 1. The van der Waals surface area contributed by atoms with Crippen molar-refractivity contribution in [2.75, 3.05) is 51.8 Å². The summed E-state index contributed by atoms with van der Waals surface area (Å²) in [5.74, 6) is 1.21. The van der Waals surface area contributed by atoms with E-state index in [1.165, 1.54) is 0 Å². The molecular weight excluding hydrogens is 352 g/mol. The van der Waals surface area contributed by atoms with E-state index in [1.807, 2.05) is 6.20 Å². The first kappa shape index (κ1) is 24.5. The molecule has 0 saturated carbocycles. The highest BCUT2D eigenvalue weighted by molar-refractivity contribution is 5.46. The predicted octanol–water partition coefficient (Wildman–Crippen LogP) is 0.461. The molecule has 5 N–H and O–H groups in total. The fraction of sp³-hybridized carbons (Fsp3) is 0.647. The fourth-order valence-electron chi connectivity index (χ4n) is 2.90. The normalized spacial score (nSPS) is 15.6. The zero-order chi connectivity index (χ0) is 20.9. The Morgan fingerprint density at radius 2 is 1.81 bits per heavy atom. The molecule has 0 bridgehead atoms. The van der Waals surface area contributed by atoms with Crippen LogP contribution >= 0.6 is 0 Å². The minimum atomic E-state index is -0.250. The van der Waals surface area contributed by atoms with Gasteiger partial charge in [-0.2, -0.15) is 4.98 Å². The molecule has 2 heterocycles. The summed E-state index contributed by atoms with van der Waals surface area (Å²) in [7, 11) is 6.53. The van der Waals surface area contributed by atoms with Crippen molar-refractivity contribution in [2.45, 2.75) is 31.7 Å². The van der Waals surface area contributed by atoms with Crippen LogP contribution in [-0.4, -0.2) is 89.2 Å². The Kier molecular flexibility index (Phi) is 11.7. The molecule has 0 radical (unpaired) electrons. The van der Waals surface area contributed by atoms with Crippen LogP contribution in [0.2, 0.25) is 0 Å². The van der Waals surface area contributed by atoms with E-state index in [9.17, 15) is 0 Å². The number of hydrogen-bond donors (Lipinski definition) is 4. The second-order valence-corrected chi connectivity index (χ2v) is 6.44. The highest BCUT2D eigenvalue weighted by Crippen LogP contribution is 2.27. The number of nitrogens with one attached hydrogen (secondary N) is 1. The van der Waals surface area contributed by atoms with Crippen molar-refractivity contribution in [3.63, 3.8) is 0 Å². The second-order valence-electron chi connectivity index (χ2n) is 6.44. The van der Waals surface area contributed by atoms with Crippen LogP contribution in [0.4, 0.5) is 11.8 Å². The minimum absolute atomic E-state index is 0.178. The average Bonchev–Trinajstić information content (AvgIpc) is 2.63. The lowest BCUT2D eigenvalue weighted by molar-refractivity contribution is -0.123. The number of nitrogens with zero attached hydrogens (tertiary/aromatic N) is 4. The largest absolute Gasteiger partial charge is 0.483 e. The molecule has 0 atom stereocenters. The highest BCUT2D eigenvalue weighted by Gasteiger charge is 2.35. The predicted molar refractivity (Wildman–Crippen MR) is 105 cm³/mol. The molecule has 1 fully saturated rings. The van der Waals surface area contributed by atoms with E-state index in [0.29, 0.717) is 5.95 Å². The van der Waals surface area contributed by atoms with Gasteiger partial charge in [0.25, 0.3) is 12.9 Å². The van der Waals surface area contributed by atoms with Gasteiger partial charge in [-0.25, -0.2) is 4.98 Å². The first-order valence-corrected chi connectivity index (χ1v) is 8.67. The van der Waals surface area contributed by atoms with Crippen LogP contribution < -0.4 is 11.1 Å². The van der Waals surface area contributed by atoms with Crippen molar-refractivity contribution in [3.8, 4) is 0 Å². The molecule has 1 aliphatic rings. The van der Waals surface area contributed by atoms with Gasteiger partial charge >= 0.3 is 0 Å². The zero-order valence-corrected chi connectivity index (χ0v) is 16.6. The summed E-state index contributed by atoms with van der Waals surface area (Å²) in [5, 5.41) is 17.3. The molecule has 1 aliphatic heterocycles. The maximum absolute atomic E-state index is 8.36. The van der Waals surface area contributed by atoms with E-state index in [1.54, 1.807) is 0 Å². The van der Waals surface area contributed by atoms with Gasteiger partial charge in [0, 0.05) is 23.8 Å². The van der Waals surface area contributed by atoms with Crippen molar-refractivity contribution >= 4 is 24.7 Å². The summed E-state index contributed by atoms with van der Waals surface area (Å²) >= 11 is 0.